The van der Waals surface area contributed by atoms with Gasteiger partial charge in [-0.3, -0.25) is 4.79 Å². The Morgan fingerprint density at radius 1 is 1.28 bits per heavy atom. The van der Waals surface area contributed by atoms with Crippen molar-refractivity contribution >= 4 is 40.3 Å². The number of likely N-dealkylation sites (N-methyl/N-ethyl adjacent to an activating group) is 1. The Morgan fingerprint density at radius 3 is 2.83 bits per heavy atom. The largest absolute Gasteiger partial charge is 0.368 e. The number of nitrogens with zero attached hydrogens (tertiary/aromatic N) is 4. The number of hydrogen-bond acceptors (Lipinski definition) is 7. The first-order valence-corrected chi connectivity index (χ1v) is 12.4. The van der Waals surface area contributed by atoms with Crippen molar-refractivity contribution in [2.75, 3.05) is 41.0 Å². The highest BCUT2D eigenvalue weighted by atomic mass is 19.1. The van der Waals surface area contributed by atoms with Gasteiger partial charge in [-0.2, -0.15) is 5.26 Å². The molecule has 3 aromatic rings. The summed E-state index contributed by atoms with van der Waals surface area (Å²) in [5.41, 5.74) is 2.22. The Morgan fingerprint density at radius 2 is 2.11 bits per heavy atom. The Balaban J connectivity index is 1.51. The summed E-state index contributed by atoms with van der Waals surface area (Å²) in [6.45, 7) is 3.30. The lowest BCUT2D eigenvalue weighted by molar-refractivity contribution is -0.564. The van der Waals surface area contributed by atoms with Crippen molar-refractivity contribution < 1.29 is 13.7 Å². The number of carbonyl (C=O) groups is 1. The van der Waals surface area contributed by atoms with E-state index in [0.717, 1.165) is 44.6 Å². The smallest absolute Gasteiger partial charge is 0.306 e. The first-order chi connectivity index (χ1) is 17.5. The van der Waals surface area contributed by atoms with Gasteiger partial charge in [0.1, 0.15) is 17.4 Å². The quantitative estimate of drug-likeness (QED) is 0.306. The highest BCUT2D eigenvalue weighted by Gasteiger charge is 2.28. The molecular formula is C25H31FN9O+. The third-order valence-corrected chi connectivity index (χ3v) is 6.69. The molecule has 1 aromatic carbocycles. The molecule has 0 radical (unpaired) electrons. The van der Waals surface area contributed by atoms with Gasteiger partial charge < -0.3 is 26.2 Å². The Kier molecular flexibility index (Phi) is 6.61. The normalized spacial score (nSPS) is 17.6. The number of amides is 1. The van der Waals surface area contributed by atoms with Crippen LogP contribution >= 0.6 is 0 Å². The number of nitriles is 1. The molecule has 3 heterocycles. The first kappa shape index (κ1) is 23.8. The molecule has 1 aliphatic heterocycles. The predicted molar refractivity (Wildman–Crippen MR) is 136 cm³/mol. The molecule has 2 aliphatic rings. The average Bonchev–Trinajstić information content (AvgIpc) is 3.61. The summed E-state index contributed by atoms with van der Waals surface area (Å²) in [6.07, 6.45) is 6.08. The molecule has 1 saturated heterocycles. The molecule has 1 amide bonds. The molecule has 0 unspecified atom stereocenters. The predicted octanol–water partition coefficient (Wildman–Crippen LogP) is 3.01. The molecule has 1 saturated carbocycles. The second-order valence-corrected chi connectivity index (χ2v) is 9.35. The van der Waals surface area contributed by atoms with Crippen molar-refractivity contribution in [3.05, 3.63) is 35.8 Å². The van der Waals surface area contributed by atoms with Gasteiger partial charge in [-0.15, -0.1) is 4.52 Å². The minimum Gasteiger partial charge on any atom is -0.368 e. The van der Waals surface area contributed by atoms with Gasteiger partial charge in [-0.1, -0.05) is 11.9 Å². The zero-order chi connectivity index (χ0) is 25.2. The molecule has 36 heavy (non-hydrogen) atoms. The van der Waals surface area contributed by atoms with Gasteiger partial charge in [0.15, 0.2) is 0 Å². The van der Waals surface area contributed by atoms with Gasteiger partial charge in [-0.25, -0.2) is 9.49 Å². The van der Waals surface area contributed by atoms with E-state index in [1.165, 1.54) is 6.07 Å². The van der Waals surface area contributed by atoms with Crippen LogP contribution in [-0.2, 0) is 4.79 Å². The maximum atomic E-state index is 15.5. The van der Waals surface area contributed by atoms with E-state index in [1.54, 1.807) is 29.8 Å². The van der Waals surface area contributed by atoms with Crippen LogP contribution in [0.15, 0.2) is 24.4 Å². The molecule has 1 atom stereocenters. The molecule has 188 valence electrons. The lowest BCUT2D eigenvalue weighted by atomic mass is 10.0. The lowest BCUT2D eigenvalue weighted by Gasteiger charge is -2.35. The number of carbonyl (C=O) groups excluding carboxylic acids is 1. The Hall–Kier alpha value is -3.91. The molecule has 2 aromatic heterocycles. The van der Waals surface area contributed by atoms with Crippen LogP contribution in [-0.4, -0.2) is 48.2 Å². The Bertz CT molecular complexity index is 1330. The maximum Gasteiger partial charge on any atom is 0.306 e. The van der Waals surface area contributed by atoms with Crippen LogP contribution in [0.3, 0.4) is 0 Å². The molecule has 10 nitrogen and oxygen atoms in total. The van der Waals surface area contributed by atoms with Crippen molar-refractivity contribution in [1.82, 2.24) is 15.4 Å². The summed E-state index contributed by atoms with van der Waals surface area (Å²) in [5, 5.41) is 25.3. The number of rotatable bonds is 8. The number of anilines is 5. The van der Waals surface area contributed by atoms with E-state index < -0.39 is 5.82 Å². The van der Waals surface area contributed by atoms with Crippen molar-refractivity contribution in [2.24, 2.45) is 0 Å². The second kappa shape index (κ2) is 9.99. The molecule has 5 rings (SSSR count). The third kappa shape index (κ3) is 4.90. The molecule has 0 spiro atoms. The number of fused-ring (bicyclic) bond motifs is 1. The minimum absolute atomic E-state index is 0.145. The van der Waals surface area contributed by atoms with Crippen LogP contribution in [0.25, 0.3) is 5.65 Å². The van der Waals surface area contributed by atoms with Gasteiger partial charge >= 0.3 is 5.65 Å². The summed E-state index contributed by atoms with van der Waals surface area (Å²) in [7, 11) is 1.93. The summed E-state index contributed by atoms with van der Waals surface area (Å²) in [6, 6.07) is 7.67. The highest BCUT2D eigenvalue weighted by molar-refractivity contribution is 5.95. The summed E-state index contributed by atoms with van der Waals surface area (Å²) < 4.78 is 17.2. The maximum absolute atomic E-state index is 15.5. The van der Waals surface area contributed by atoms with E-state index in [-0.39, 0.29) is 11.6 Å². The zero-order valence-electron chi connectivity index (χ0n) is 20.5. The number of aromatic nitrogens is 3. The van der Waals surface area contributed by atoms with Gasteiger partial charge in [-0.05, 0) is 38.8 Å². The molecule has 0 bridgehead atoms. The molecule has 11 heteroatoms. The van der Waals surface area contributed by atoms with Gasteiger partial charge in [0.25, 0.3) is 0 Å². The minimum atomic E-state index is -0.452. The summed E-state index contributed by atoms with van der Waals surface area (Å²) in [5.74, 6) is 0.525. The number of H-pyrrole nitrogens is 1. The number of benzene rings is 1. The lowest BCUT2D eigenvalue weighted by Crippen LogP contribution is -2.44. The fourth-order valence-corrected chi connectivity index (χ4v) is 4.53. The average molecular weight is 493 g/mol. The van der Waals surface area contributed by atoms with Crippen molar-refractivity contribution in [2.45, 2.75) is 51.1 Å². The van der Waals surface area contributed by atoms with Gasteiger partial charge in [0.2, 0.25) is 17.5 Å². The van der Waals surface area contributed by atoms with E-state index in [0.29, 0.717) is 46.9 Å². The van der Waals surface area contributed by atoms with Crippen LogP contribution in [0, 0.1) is 17.1 Å². The molecular weight excluding hydrogens is 461 g/mol. The number of nitrogens with one attached hydrogen (secondary N) is 5. The summed E-state index contributed by atoms with van der Waals surface area (Å²) in [4.78, 5) is 19.0. The molecule has 5 N–H and O–H groups in total. The van der Waals surface area contributed by atoms with E-state index in [9.17, 15) is 10.1 Å². The van der Waals surface area contributed by atoms with E-state index >= 15 is 4.39 Å². The van der Waals surface area contributed by atoms with Gasteiger partial charge in [0.05, 0.1) is 35.4 Å². The Labute approximate surface area is 208 Å². The van der Waals surface area contributed by atoms with Crippen LogP contribution < -0.4 is 30.7 Å². The first-order valence-electron chi connectivity index (χ1n) is 12.4. The number of hydrogen-bond donors (Lipinski definition) is 5. The SMILES string of the molecule is CCC(=O)Nc1cc(Nc2cc(NC3CC3)[n+]3[nH]cc(C#N)c3n2)c(F)cc1N1CCC[C@H](NC)C1. The standard InChI is InChI=1S/C25H30FN9O/c1-3-24(36)32-20-10-19(18(26)9-21(20)34-8-4-5-17(14-34)28-2)31-22-11-23(30-16-6-7-16)35-25(33-22)15(12-27)13-29-35/h9-11,13,16-17,28H,3-8,14H2,1-2H3,(H3,29,30,31,32,33,36)/p+1/t17-/m0/s1. The van der Waals surface area contributed by atoms with Crippen LogP contribution in [0.4, 0.5) is 33.1 Å². The van der Waals surface area contributed by atoms with Crippen molar-refractivity contribution in [1.29, 1.82) is 5.26 Å². The van der Waals surface area contributed by atoms with Gasteiger partial charge in [0, 0.05) is 31.6 Å². The summed E-state index contributed by atoms with van der Waals surface area (Å²) >= 11 is 0. The number of halogens is 1. The van der Waals surface area contributed by atoms with Crippen LogP contribution in [0.5, 0.6) is 0 Å². The monoisotopic (exact) mass is 492 g/mol. The highest BCUT2D eigenvalue weighted by Crippen LogP contribution is 2.35. The fourth-order valence-electron chi connectivity index (χ4n) is 4.53. The van der Waals surface area contributed by atoms with Crippen molar-refractivity contribution in [3.8, 4) is 6.07 Å². The zero-order valence-corrected chi connectivity index (χ0v) is 20.5. The third-order valence-electron chi connectivity index (χ3n) is 6.69. The van der Waals surface area contributed by atoms with Crippen LogP contribution in [0.1, 0.15) is 44.6 Å². The van der Waals surface area contributed by atoms with E-state index in [1.807, 2.05) is 7.05 Å². The van der Waals surface area contributed by atoms with E-state index in [2.05, 4.69) is 42.3 Å². The molecule has 2 fully saturated rings. The second-order valence-electron chi connectivity index (χ2n) is 9.35. The van der Waals surface area contributed by atoms with Crippen LogP contribution in [0.2, 0.25) is 0 Å². The van der Waals surface area contributed by atoms with E-state index in [4.69, 9.17) is 0 Å². The number of aromatic amines is 1. The fraction of sp³-hybridized carbons (Fsp3) is 0.440. The number of piperidine rings is 1. The van der Waals surface area contributed by atoms with Crippen molar-refractivity contribution in [3.63, 3.8) is 0 Å². The topological polar surface area (TPSA) is 125 Å². The molecule has 1 aliphatic carbocycles.